The van der Waals surface area contributed by atoms with E-state index in [9.17, 15) is 0 Å². The van der Waals surface area contributed by atoms with Crippen LogP contribution in [0.4, 0.5) is 17.1 Å². The van der Waals surface area contributed by atoms with Crippen molar-refractivity contribution >= 4 is 60.8 Å². The number of para-hydroxylation sites is 3. The number of nitrogens with zero attached hydrogens (tertiary/aromatic N) is 2. The van der Waals surface area contributed by atoms with Gasteiger partial charge in [0.2, 0.25) is 0 Å². The fourth-order valence-corrected chi connectivity index (χ4v) is 8.58. The van der Waals surface area contributed by atoms with Crippen LogP contribution in [-0.4, -0.2) is 4.57 Å². The first-order valence-corrected chi connectivity index (χ1v) is 19.4. The molecule has 0 spiro atoms. The number of benzene rings is 9. The van der Waals surface area contributed by atoms with E-state index in [0.29, 0.717) is 0 Å². The van der Waals surface area contributed by atoms with Crippen LogP contribution in [0.25, 0.3) is 82.8 Å². The second-order valence-corrected chi connectivity index (χ2v) is 14.5. The molecule has 57 heavy (non-hydrogen) atoms. The molecule has 0 aliphatic rings. The number of hydrogen-bond donors (Lipinski definition) is 0. The summed E-state index contributed by atoms with van der Waals surface area (Å²) in [7, 11) is 0. The average Bonchev–Trinajstić information content (AvgIpc) is 3.83. The van der Waals surface area contributed by atoms with Crippen LogP contribution in [0, 0.1) is 0 Å². The second kappa shape index (κ2) is 13.6. The Morgan fingerprint density at radius 3 is 1.70 bits per heavy atom. The number of rotatable bonds is 7. The Kier molecular flexibility index (Phi) is 7.82. The van der Waals surface area contributed by atoms with Crippen LogP contribution < -0.4 is 4.90 Å². The number of anilines is 3. The molecule has 0 atom stereocenters. The molecule has 3 nitrogen and oxygen atoms in total. The third-order valence-electron chi connectivity index (χ3n) is 11.2. The molecular weight excluding hydrogens is 693 g/mol. The van der Waals surface area contributed by atoms with Crippen LogP contribution in [0.1, 0.15) is 0 Å². The van der Waals surface area contributed by atoms with Crippen molar-refractivity contribution < 1.29 is 4.42 Å². The highest BCUT2D eigenvalue weighted by Gasteiger charge is 2.22. The summed E-state index contributed by atoms with van der Waals surface area (Å²) in [5, 5.41) is 4.60. The molecule has 0 saturated heterocycles. The van der Waals surface area contributed by atoms with E-state index < -0.39 is 0 Å². The summed E-state index contributed by atoms with van der Waals surface area (Å²) in [5.74, 6) is 0. The Bertz CT molecular complexity index is 3220. The van der Waals surface area contributed by atoms with Crippen molar-refractivity contribution in [3.05, 3.63) is 218 Å². The summed E-state index contributed by atoms with van der Waals surface area (Å²) in [4.78, 5) is 2.41. The first-order chi connectivity index (χ1) is 28.3. The smallest absolute Gasteiger partial charge is 0.135 e. The second-order valence-electron chi connectivity index (χ2n) is 14.5. The molecular formula is C54H36N2O. The zero-order valence-corrected chi connectivity index (χ0v) is 31.1. The van der Waals surface area contributed by atoms with Gasteiger partial charge < -0.3 is 13.9 Å². The largest absolute Gasteiger partial charge is 0.456 e. The number of furan rings is 1. The highest BCUT2D eigenvalue weighted by Crippen LogP contribution is 2.46. The van der Waals surface area contributed by atoms with Crippen molar-refractivity contribution in [1.29, 1.82) is 0 Å². The van der Waals surface area contributed by atoms with E-state index in [1.165, 1.54) is 38.5 Å². The fraction of sp³-hybridized carbons (Fsp3) is 0. The third-order valence-corrected chi connectivity index (χ3v) is 11.2. The topological polar surface area (TPSA) is 21.3 Å². The van der Waals surface area contributed by atoms with Crippen molar-refractivity contribution in [2.45, 2.75) is 0 Å². The van der Waals surface area contributed by atoms with Gasteiger partial charge in [-0.25, -0.2) is 0 Å². The maximum absolute atomic E-state index is 6.31. The van der Waals surface area contributed by atoms with Gasteiger partial charge in [-0.3, -0.25) is 0 Å². The average molecular weight is 729 g/mol. The molecule has 2 heterocycles. The molecule has 0 aliphatic heterocycles. The summed E-state index contributed by atoms with van der Waals surface area (Å²) in [6, 6.07) is 78.2. The van der Waals surface area contributed by atoms with Crippen LogP contribution in [0.5, 0.6) is 0 Å². The molecule has 268 valence electrons. The van der Waals surface area contributed by atoms with Crippen LogP contribution in [0.3, 0.4) is 0 Å². The number of fused-ring (bicyclic) bond motifs is 6. The molecule has 2 aromatic heterocycles. The fourth-order valence-electron chi connectivity index (χ4n) is 8.58. The van der Waals surface area contributed by atoms with E-state index in [1.807, 2.05) is 12.1 Å². The van der Waals surface area contributed by atoms with E-state index in [1.54, 1.807) is 0 Å². The molecule has 11 aromatic rings. The molecule has 0 aliphatic carbocycles. The predicted octanol–water partition coefficient (Wildman–Crippen LogP) is 15.2. The van der Waals surface area contributed by atoms with Gasteiger partial charge in [0, 0.05) is 44.2 Å². The molecule has 0 unspecified atom stereocenters. The molecule has 0 N–H and O–H groups in total. The van der Waals surface area contributed by atoms with E-state index >= 15 is 0 Å². The van der Waals surface area contributed by atoms with Gasteiger partial charge in [0.05, 0.1) is 16.7 Å². The van der Waals surface area contributed by atoms with Gasteiger partial charge >= 0.3 is 0 Å². The molecule has 11 rings (SSSR count). The Morgan fingerprint density at radius 2 is 0.912 bits per heavy atom. The van der Waals surface area contributed by atoms with Gasteiger partial charge in [-0.15, -0.1) is 0 Å². The maximum Gasteiger partial charge on any atom is 0.135 e. The monoisotopic (exact) mass is 728 g/mol. The van der Waals surface area contributed by atoms with Gasteiger partial charge in [0.25, 0.3) is 0 Å². The quantitative estimate of drug-likeness (QED) is 0.163. The van der Waals surface area contributed by atoms with Crippen molar-refractivity contribution in [1.82, 2.24) is 4.57 Å². The highest BCUT2D eigenvalue weighted by atomic mass is 16.3. The first-order valence-electron chi connectivity index (χ1n) is 19.4. The SMILES string of the molecule is c1ccc(-c2ccc(-c3cccc4c3c3cc(N(c5ccc6oc7ccccc7c6c5)c5ccccc5-c5ccccc5)ccc3n4-c3ccccc3)cc2)cc1. The first kappa shape index (κ1) is 32.8. The van der Waals surface area contributed by atoms with Crippen molar-refractivity contribution in [2.75, 3.05) is 4.90 Å². The van der Waals surface area contributed by atoms with E-state index in [2.05, 4.69) is 216 Å². The summed E-state index contributed by atoms with van der Waals surface area (Å²) in [5.41, 5.74) is 15.6. The van der Waals surface area contributed by atoms with Crippen molar-refractivity contribution in [3.63, 3.8) is 0 Å². The van der Waals surface area contributed by atoms with Gasteiger partial charge in [0.1, 0.15) is 11.2 Å². The molecule has 0 saturated carbocycles. The molecule has 0 amide bonds. The Labute approximate surface area is 330 Å². The minimum absolute atomic E-state index is 0.876. The Morgan fingerprint density at radius 1 is 0.351 bits per heavy atom. The van der Waals surface area contributed by atoms with Crippen molar-refractivity contribution in [2.24, 2.45) is 0 Å². The van der Waals surface area contributed by atoms with E-state index in [0.717, 1.165) is 61.3 Å². The minimum atomic E-state index is 0.876. The summed E-state index contributed by atoms with van der Waals surface area (Å²) in [6.07, 6.45) is 0. The zero-order chi connectivity index (χ0) is 37.7. The predicted molar refractivity (Wildman–Crippen MR) is 239 cm³/mol. The lowest BCUT2D eigenvalue weighted by molar-refractivity contribution is 0.669. The third kappa shape index (κ3) is 5.60. The molecule has 3 heteroatoms. The molecule has 0 bridgehead atoms. The molecule has 0 fully saturated rings. The van der Waals surface area contributed by atoms with E-state index in [4.69, 9.17) is 4.42 Å². The summed E-state index contributed by atoms with van der Waals surface area (Å²) in [6.45, 7) is 0. The normalized spacial score (nSPS) is 11.5. The minimum Gasteiger partial charge on any atom is -0.456 e. The Balaban J connectivity index is 1.18. The summed E-state index contributed by atoms with van der Waals surface area (Å²) >= 11 is 0. The maximum atomic E-state index is 6.31. The van der Waals surface area contributed by atoms with Crippen LogP contribution in [-0.2, 0) is 0 Å². The standard InChI is InChI=1S/C54H36N2O/c1-4-15-37(16-5-1)38-27-29-40(30-28-38)45-23-14-25-51-54(45)48-36-42(31-33-50(48)56(51)41-19-8-3-9-20-41)55(49-24-12-10-21-44(49)39-17-6-2-7-18-39)43-32-34-53-47(35-43)46-22-11-13-26-52(46)57-53/h1-36H. The number of aromatic nitrogens is 1. The number of hydrogen-bond acceptors (Lipinski definition) is 2. The lowest BCUT2D eigenvalue weighted by Gasteiger charge is -2.28. The van der Waals surface area contributed by atoms with Crippen LogP contribution in [0.15, 0.2) is 223 Å². The van der Waals surface area contributed by atoms with Crippen LogP contribution >= 0.6 is 0 Å². The lowest BCUT2D eigenvalue weighted by atomic mass is 9.96. The summed E-state index contributed by atoms with van der Waals surface area (Å²) < 4.78 is 8.71. The zero-order valence-electron chi connectivity index (χ0n) is 31.1. The van der Waals surface area contributed by atoms with Gasteiger partial charge in [-0.2, -0.15) is 0 Å². The van der Waals surface area contributed by atoms with Gasteiger partial charge in [0.15, 0.2) is 0 Å². The Hall–Kier alpha value is -7.62. The lowest BCUT2D eigenvalue weighted by Crippen LogP contribution is -2.11. The molecule has 9 aromatic carbocycles. The van der Waals surface area contributed by atoms with Gasteiger partial charge in [-0.1, -0.05) is 152 Å². The van der Waals surface area contributed by atoms with Crippen molar-refractivity contribution in [3.8, 4) is 39.1 Å². The van der Waals surface area contributed by atoms with Gasteiger partial charge in [-0.05, 0) is 94.5 Å². The highest BCUT2D eigenvalue weighted by molar-refractivity contribution is 6.17. The van der Waals surface area contributed by atoms with E-state index in [-0.39, 0.29) is 0 Å². The molecule has 0 radical (unpaired) electrons. The van der Waals surface area contributed by atoms with Crippen LogP contribution in [0.2, 0.25) is 0 Å².